The van der Waals surface area contributed by atoms with E-state index < -0.39 is 11.6 Å². The topological polar surface area (TPSA) is 81.9 Å². The number of carbonyl (C=O) groups is 1. The number of amides is 1. The van der Waals surface area contributed by atoms with Gasteiger partial charge in [0.15, 0.2) is 0 Å². The summed E-state index contributed by atoms with van der Waals surface area (Å²) in [5, 5.41) is 14.1. The van der Waals surface area contributed by atoms with E-state index in [0.717, 1.165) is 40.7 Å². The van der Waals surface area contributed by atoms with Crippen molar-refractivity contribution in [2.24, 2.45) is 0 Å². The highest BCUT2D eigenvalue weighted by atomic mass is 32.2. The fraction of sp³-hybridized carbons (Fsp3) is 0.263. The normalized spacial score (nSPS) is 12.5. The Morgan fingerprint density at radius 3 is 2.53 bits per heavy atom. The molecule has 11 heteroatoms. The van der Waals surface area contributed by atoms with E-state index in [1.165, 1.54) is 16.8 Å². The lowest BCUT2D eigenvalue weighted by Crippen LogP contribution is -2.23. The van der Waals surface area contributed by atoms with Crippen LogP contribution in [-0.2, 0) is 4.79 Å². The van der Waals surface area contributed by atoms with Crippen molar-refractivity contribution in [2.45, 2.75) is 37.5 Å². The van der Waals surface area contributed by atoms with Crippen LogP contribution in [0.5, 0.6) is 5.75 Å². The minimum atomic E-state index is -4.77. The molecule has 0 aliphatic rings. The van der Waals surface area contributed by atoms with Gasteiger partial charge < -0.3 is 10.1 Å². The van der Waals surface area contributed by atoms with Gasteiger partial charge in [-0.25, -0.2) is 0 Å². The number of nitrogens with zero attached hydrogens (tertiary/aromatic N) is 4. The van der Waals surface area contributed by atoms with E-state index in [1.54, 1.807) is 6.92 Å². The molecule has 0 aliphatic carbocycles. The molecular formula is C19H18F3N5O2S. The molecule has 1 heterocycles. The molecule has 0 saturated heterocycles. The smallest absolute Gasteiger partial charge is 0.406 e. The first kappa shape index (κ1) is 21.6. The molecule has 0 aliphatic heterocycles. The Morgan fingerprint density at radius 2 is 1.87 bits per heavy atom. The Morgan fingerprint density at radius 1 is 1.17 bits per heavy atom. The van der Waals surface area contributed by atoms with Gasteiger partial charge in [-0.1, -0.05) is 23.9 Å². The predicted molar refractivity (Wildman–Crippen MR) is 106 cm³/mol. The van der Waals surface area contributed by atoms with E-state index in [9.17, 15) is 18.0 Å². The van der Waals surface area contributed by atoms with E-state index >= 15 is 0 Å². The highest BCUT2D eigenvalue weighted by Crippen LogP contribution is 2.27. The van der Waals surface area contributed by atoms with E-state index in [-0.39, 0.29) is 11.7 Å². The lowest BCUT2D eigenvalue weighted by molar-refractivity contribution is -0.274. The van der Waals surface area contributed by atoms with Gasteiger partial charge in [0.2, 0.25) is 11.1 Å². The fourth-order valence-corrected chi connectivity index (χ4v) is 3.33. The van der Waals surface area contributed by atoms with Gasteiger partial charge in [-0.05, 0) is 72.7 Å². The SMILES string of the molecule is Cc1ccc(C)c(NC(=O)C(C)Sc2nnnn2-c2ccc(OC(F)(F)F)cc2)c1. The molecule has 1 amide bonds. The Hall–Kier alpha value is -3.08. The Bertz CT molecular complexity index is 1040. The minimum absolute atomic E-state index is 0.225. The average molecular weight is 437 g/mol. The average Bonchev–Trinajstić information content (AvgIpc) is 3.12. The molecule has 1 unspecified atom stereocenters. The van der Waals surface area contributed by atoms with Crippen LogP contribution >= 0.6 is 11.8 Å². The number of tetrazole rings is 1. The summed E-state index contributed by atoms with van der Waals surface area (Å²) in [4.78, 5) is 12.6. The van der Waals surface area contributed by atoms with Crippen molar-refractivity contribution in [3.05, 3.63) is 53.6 Å². The summed E-state index contributed by atoms with van der Waals surface area (Å²) in [5.41, 5.74) is 3.13. The Balaban J connectivity index is 1.70. The molecule has 1 N–H and O–H groups in total. The molecule has 0 fully saturated rings. The first-order valence-corrected chi connectivity index (χ1v) is 9.70. The van der Waals surface area contributed by atoms with Crippen LogP contribution in [0.15, 0.2) is 47.6 Å². The molecule has 30 heavy (non-hydrogen) atoms. The summed E-state index contributed by atoms with van der Waals surface area (Å²) in [5.74, 6) is -0.577. The first-order valence-electron chi connectivity index (χ1n) is 8.82. The van der Waals surface area contributed by atoms with Gasteiger partial charge in [0.25, 0.3) is 0 Å². The first-order chi connectivity index (χ1) is 14.1. The minimum Gasteiger partial charge on any atom is -0.406 e. The zero-order valence-corrected chi connectivity index (χ0v) is 17.1. The van der Waals surface area contributed by atoms with Gasteiger partial charge in [0.1, 0.15) is 5.75 Å². The molecule has 0 radical (unpaired) electrons. The zero-order chi connectivity index (χ0) is 21.9. The monoisotopic (exact) mass is 437 g/mol. The second-order valence-electron chi connectivity index (χ2n) is 6.48. The molecule has 0 bridgehead atoms. The Kier molecular flexibility index (Phi) is 6.30. The van der Waals surface area contributed by atoms with Crippen molar-refractivity contribution in [3.8, 4) is 11.4 Å². The molecule has 2 aromatic carbocycles. The van der Waals surface area contributed by atoms with E-state index in [1.807, 2.05) is 32.0 Å². The van der Waals surface area contributed by atoms with Crippen molar-refractivity contribution >= 4 is 23.4 Å². The molecule has 7 nitrogen and oxygen atoms in total. The number of nitrogens with one attached hydrogen (secondary N) is 1. The molecule has 158 valence electrons. The van der Waals surface area contributed by atoms with Gasteiger partial charge in [0, 0.05) is 5.69 Å². The molecule has 3 aromatic rings. The standard InChI is InChI=1S/C19H18F3N5O2S/c1-11-4-5-12(2)16(10-11)23-17(28)13(3)30-18-24-25-26-27(18)14-6-8-15(9-7-14)29-19(20,21)22/h4-10,13H,1-3H3,(H,23,28). The summed E-state index contributed by atoms with van der Waals surface area (Å²) in [6.07, 6.45) is -4.77. The number of rotatable bonds is 6. The molecule has 3 rings (SSSR count). The van der Waals surface area contributed by atoms with Crippen LogP contribution in [0.25, 0.3) is 5.69 Å². The molecular weight excluding hydrogens is 419 g/mol. The van der Waals surface area contributed by atoms with Gasteiger partial charge in [0.05, 0.1) is 10.9 Å². The van der Waals surface area contributed by atoms with E-state index in [2.05, 4.69) is 25.6 Å². The largest absolute Gasteiger partial charge is 0.573 e. The number of ether oxygens (including phenoxy) is 1. The number of carbonyl (C=O) groups excluding carboxylic acids is 1. The maximum atomic E-state index is 12.6. The quantitative estimate of drug-likeness (QED) is 0.579. The number of aryl methyl sites for hydroxylation is 2. The van der Waals surface area contributed by atoms with Crippen LogP contribution in [-0.4, -0.2) is 37.7 Å². The molecule has 1 atom stereocenters. The number of hydrogen-bond donors (Lipinski definition) is 1. The Labute approximate surface area is 174 Å². The van der Waals surface area contributed by atoms with Crippen molar-refractivity contribution in [1.29, 1.82) is 0 Å². The summed E-state index contributed by atoms with van der Waals surface area (Å²) in [7, 11) is 0. The van der Waals surface area contributed by atoms with Gasteiger partial charge >= 0.3 is 6.36 Å². The van der Waals surface area contributed by atoms with Crippen LogP contribution in [0, 0.1) is 13.8 Å². The van der Waals surface area contributed by atoms with Crippen LogP contribution in [0.2, 0.25) is 0 Å². The summed E-state index contributed by atoms with van der Waals surface area (Å²) >= 11 is 1.13. The maximum Gasteiger partial charge on any atom is 0.573 e. The van der Waals surface area contributed by atoms with E-state index in [0.29, 0.717) is 10.8 Å². The number of alkyl halides is 3. The molecule has 0 spiro atoms. The number of hydrogen-bond acceptors (Lipinski definition) is 6. The maximum absolute atomic E-state index is 12.6. The van der Waals surface area contributed by atoms with Crippen molar-refractivity contribution < 1.29 is 22.7 Å². The van der Waals surface area contributed by atoms with Crippen LogP contribution in [0.1, 0.15) is 18.1 Å². The third-order valence-corrected chi connectivity index (χ3v) is 5.09. The number of halogens is 3. The van der Waals surface area contributed by atoms with Gasteiger partial charge in [-0.3, -0.25) is 4.79 Å². The van der Waals surface area contributed by atoms with Crippen LogP contribution < -0.4 is 10.1 Å². The van der Waals surface area contributed by atoms with Crippen LogP contribution in [0.4, 0.5) is 18.9 Å². The number of thioether (sulfide) groups is 1. The van der Waals surface area contributed by atoms with Crippen LogP contribution in [0.3, 0.4) is 0 Å². The van der Waals surface area contributed by atoms with Gasteiger partial charge in [-0.15, -0.1) is 18.3 Å². The van der Waals surface area contributed by atoms with Crippen molar-refractivity contribution in [3.63, 3.8) is 0 Å². The van der Waals surface area contributed by atoms with Gasteiger partial charge in [-0.2, -0.15) is 4.68 Å². The third kappa shape index (κ3) is 5.50. The van der Waals surface area contributed by atoms with Crippen molar-refractivity contribution in [2.75, 3.05) is 5.32 Å². The fourth-order valence-electron chi connectivity index (χ4n) is 2.52. The number of benzene rings is 2. The third-order valence-electron chi connectivity index (χ3n) is 4.06. The number of anilines is 1. The lowest BCUT2D eigenvalue weighted by Gasteiger charge is -2.14. The summed E-state index contributed by atoms with van der Waals surface area (Å²) < 4.78 is 42.1. The van der Waals surface area contributed by atoms with E-state index in [4.69, 9.17) is 0 Å². The summed E-state index contributed by atoms with van der Waals surface area (Å²) in [6, 6.07) is 10.9. The second-order valence-corrected chi connectivity index (χ2v) is 7.79. The molecule has 1 aromatic heterocycles. The zero-order valence-electron chi connectivity index (χ0n) is 16.3. The number of aromatic nitrogens is 4. The second kappa shape index (κ2) is 8.74. The summed E-state index contributed by atoms with van der Waals surface area (Å²) in [6.45, 7) is 5.55. The highest BCUT2D eigenvalue weighted by Gasteiger charge is 2.31. The lowest BCUT2D eigenvalue weighted by atomic mass is 10.1. The predicted octanol–water partition coefficient (Wildman–Crippen LogP) is 4.30. The highest BCUT2D eigenvalue weighted by molar-refractivity contribution is 8.00. The molecule has 0 saturated carbocycles. The van der Waals surface area contributed by atoms with Crippen molar-refractivity contribution in [1.82, 2.24) is 20.2 Å².